The van der Waals surface area contributed by atoms with E-state index in [0.717, 1.165) is 0 Å². The molecule has 0 aliphatic rings. The summed E-state index contributed by atoms with van der Waals surface area (Å²) in [5.74, 6) is -5.09. The number of hydrogen-bond acceptors (Lipinski definition) is 9. The van der Waals surface area contributed by atoms with E-state index in [1.54, 1.807) is 6.26 Å². The first-order valence-corrected chi connectivity index (χ1v) is 11.9. The lowest BCUT2D eigenvalue weighted by atomic mass is 10.0. The number of carbonyl (C=O) groups is 5. The zero-order valence-electron chi connectivity index (χ0n) is 19.0. The second-order valence-electron chi connectivity index (χ2n) is 7.56. The fraction of sp³-hybridized carbons (Fsp3) is 0.476. The number of carboxylic acids is 2. The van der Waals surface area contributed by atoms with Gasteiger partial charge in [-0.1, -0.05) is 12.1 Å². The van der Waals surface area contributed by atoms with E-state index >= 15 is 0 Å². The third kappa shape index (κ3) is 10.6. The molecule has 0 bridgehead atoms. The van der Waals surface area contributed by atoms with Gasteiger partial charge in [-0.25, -0.2) is 4.79 Å². The van der Waals surface area contributed by atoms with E-state index in [9.17, 15) is 34.2 Å². The van der Waals surface area contributed by atoms with E-state index in [0.29, 0.717) is 11.3 Å². The van der Waals surface area contributed by atoms with Crippen molar-refractivity contribution in [2.45, 2.75) is 43.4 Å². The van der Waals surface area contributed by atoms with Crippen molar-refractivity contribution in [2.24, 2.45) is 5.73 Å². The number of aliphatic hydroxyl groups is 1. The Bertz CT molecular complexity index is 897. The van der Waals surface area contributed by atoms with Crippen LogP contribution in [0.2, 0.25) is 0 Å². The Morgan fingerprint density at radius 3 is 1.97 bits per heavy atom. The summed E-state index contributed by atoms with van der Waals surface area (Å²) < 4.78 is 0. The van der Waals surface area contributed by atoms with E-state index in [4.69, 9.17) is 15.9 Å². The largest absolute Gasteiger partial charge is 0.508 e. The summed E-state index contributed by atoms with van der Waals surface area (Å²) >= 11 is 1.36. The average molecular weight is 515 g/mol. The van der Waals surface area contributed by atoms with Crippen LogP contribution < -0.4 is 21.7 Å². The number of hydrogen-bond donors (Lipinski definition) is 8. The van der Waals surface area contributed by atoms with Crippen LogP contribution >= 0.6 is 11.8 Å². The van der Waals surface area contributed by atoms with Crippen molar-refractivity contribution in [1.82, 2.24) is 16.0 Å². The minimum Gasteiger partial charge on any atom is -0.508 e. The first-order valence-electron chi connectivity index (χ1n) is 10.5. The highest BCUT2D eigenvalue weighted by Gasteiger charge is 2.31. The summed E-state index contributed by atoms with van der Waals surface area (Å²) in [6.45, 7) is -0.668. The summed E-state index contributed by atoms with van der Waals surface area (Å²) in [5.41, 5.74) is 6.07. The fourth-order valence-corrected chi connectivity index (χ4v) is 3.33. The minimum absolute atomic E-state index is 0.00997. The molecule has 1 aromatic carbocycles. The van der Waals surface area contributed by atoms with Gasteiger partial charge in [-0.3, -0.25) is 19.2 Å². The molecule has 0 saturated heterocycles. The van der Waals surface area contributed by atoms with Gasteiger partial charge in [0.05, 0.1) is 13.0 Å². The van der Waals surface area contributed by atoms with Crippen LogP contribution in [-0.2, 0) is 30.4 Å². The number of aliphatic carboxylic acids is 2. The van der Waals surface area contributed by atoms with Gasteiger partial charge in [-0.2, -0.15) is 11.8 Å². The third-order valence-electron chi connectivity index (χ3n) is 4.78. The predicted octanol–water partition coefficient (Wildman–Crippen LogP) is -1.98. The highest BCUT2D eigenvalue weighted by molar-refractivity contribution is 7.98. The molecule has 0 aliphatic carbocycles. The number of nitrogens with two attached hydrogens (primary N) is 1. The molecule has 1 rings (SSSR count). The monoisotopic (exact) mass is 514 g/mol. The van der Waals surface area contributed by atoms with Crippen LogP contribution in [0.4, 0.5) is 0 Å². The molecule has 4 atom stereocenters. The Balaban J connectivity index is 3.09. The molecule has 35 heavy (non-hydrogen) atoms. The molecule has 13 nitrogen and oxygen atoms in total. The molecule has 3 amide bonds. The summed E-state index contributed by atoms with van der Waals surface area (Å²) in [6.07, 6.45) is 0.937. The Labute approximate surface area is 205 Å². The number of rotatable bonds is 15. The number of aliphatic hydroxyl groups excluding tert-OH is 1. The molecule has 0 fully saturated rings. The normalized spacial score (nSPS) is 14.1. The Morgan fingerprint density at radius 1 is 0.914 bits per heavy atom. The quantitative estimate of drug-likeness (QED) is 0.128. The maximum absolute atomic E-state index is 13.1. The van der Waals surface area contributed by atoms with Gasteiger partial charge in [0.1, 0.15) is 29.9 Å². The maximum Gasteiger partial charge on any atom is 0.326 e. The summed E-state index contributed by atoms with van der Waals surface area (Å²) in [6, 6.07) is 0.352. The Hall–Kier alpha value is -3.36. The van der Waals surface area contributed by atoms with Gasteiger partial charge >= 0.3 is 11.9 Å². The van der Waals surface area contributed by atoms with Crippen LogP contribution in [0.1, 0.15) is 18.4 Å². The lowest BCUT2D eigenvalue weighted by molar-refractivity contribution is -0.147. The average Bonchev–Trinajstić information content (AvgIpc) is 2.80. The van der Waals surface area contributed by atoms with E-state index in [2.05, 4.69) is 16.0 Å². The number of phenols is 1. The number of nitrogens with one attached hydrogen (secondary N) is 3. The van der Waals surface area contributed by atoms with Gasteiger partial charge in [-0.05, 0) is 36.1 Å². The molecular weight excluding hydrogens is 484 g/mol. The van der Waals surface area contributed by atoms with E-state index < -0.39 is 66.9 Å². The molecule has 14 heteroatoms. The maximum atomic E-state index is 13.1. The van der Waals surface area contributed by atoms with Gasteiger partial charge < -0.3 is 42.1 Å². The van der Waals surface area contributed by atoms with Crippen molar-refractivity contribution in [3.63, 3.8) is 0 Å². The molecule has 0 aliphatic heterocycles. The molecule has 0 heterocycles. The van der Waals surface area contributed by atoms with Gasteiger partial charge in [0.25, 0.3) is 0 Å². The molecule has 0 radical (unpaired) electrons. The molecule has 4 unspecified atom stereocenters. The van der Waals surface area contributed by atoms with Crippen LogP contribution in [0.25, 0.3) is 0 Å². The zero-order chi connectivity index (χ0) is 26.5. The second kappa shape index (κ2) is 14.8. The van der Waals surface area contributed by atoms with Crippen molar-refractivity contribution >= 4 is 41.4 Å². The summed E-state index contributed by atoms with van der Waals surface area (Å²) in [5, 5.41) is 43.6. The van der Waals surface area contributed by atoms with Crippen molar-refractivity contribution in [1.29, 1.82) is 0 Å². The fourth-order valence-electron chi connectivity index (χ4n) is 2.86. The summed E-state index contributed by atoms with van der Waals surface area (Å²) in [7, 11) is 0. The molecule has 0 aromatic heterocycles. The molecule has 1 aromatic rings. The molecular formula is C21H30N4O9S. The van der Waals surface area contributed by atoms with Gasteiger partial charge in [0.15, 0.2) is 0 Å². The number of aromatic hydroxyl groups is 1. The number of amides is 3. The molecule has 9 N–H and O–H groups in total. The third-order valence-corrected chi connectivity index (χ3v) is 5.42. The number of carboxylic acid groups (broad SMARTS) is 2. The van der Waals surface area contributed by atoms with Crippen LogP contribution in [0.15, 0.2) is 24.3 Å². The van der Waals surface area contributed by atoms with Gasteiger partial charge in [0, 0.05) is 6.42 Å². The second-order valence-corrected chi connectivity index (χ2v) is 8.55. The van der Waals surface area contributed by atoms with Gasteiger partial charge in [0.2, 0.25) is 17.7 Å². The lowest BCUT2D eigenvalue weighted by Crippen LogP contribution is -2.58. The van der Waals surface area contributed by atoms with Crippen LogP contribution in [-0.4, -0.2) is 92.9 Å². The lowest BCUT2D eigenvalue weighted by Gasteiger charge is -2.25. The minimum atomic E-state index is -1.70. The predicted molar refractivity (Wildman–Crippen MR) is 126 cm³/mol. The van der Waals surface area contributed by atoms with E-state index in [1.807, 2.05) is 0 Å². The van der Waals surface area contributed by atoms with Crippen LogP contribution in [0.5, 0.6) is 5.75 Å². The Morgan fingerprint density at radius 2 is 1.46 bits per heavy atom. The molecule has 0 spiro atoms. The number of carbonyl (C=O) groups excluding carboxylic acids is 3. The smallest absolute Gasteiger partial charge is 0.326 e. The van der Waals surface area contributed by atoms with Crippen molar-refractivity contribution in [3.05, 3.63) is 29.8 Å². The number of benzene rings is 1. The zero-order valence-corrected chi connectivity index (χ0v) is 19.8. The first-order chi connectivity index (χ1) is 16.5. The van der Waals surface area contributed by atoms with E-state index in [1.165, 1.54) is 36.0 Å². The van der Waals surface area contributed by atoms with Crippen molar-refractivity contribution in [2.75, 3.05) is 18.6 Å². The van der Waals surface area contributed by atoms with Crippen LogP contribution in [0, 0.1) is 0 Å². The Kier molecular flexibility index (Phi) is 12.6. The molecule has 194 valence electrons. The summed E-state index contributed by atoms with van der Waals surface area (Å²) in [4.78, 5) is 60.2. The molecule has 0 saturated carbocycles. The van der Waals surface area contributed by atoms with E-state index in [-0.39, 0.29) is 18.6 Å². The first kappa shape index (κ1) is 29.7. The van der Waals surface area contributed by atoms with Gasteiger partial charge in [-0.15, -0.1) is 0 Å². The highest BCUT2D eigenvalue weighted by atomic mass is 32.2. The highest BCUT2D eigenvalue weighted by Crippen LogP contribution is 2.12. The van der Waals surface area contributed by atoms with Crippen LogP contribution in [0.3, 0.4) is 0 Å². The number of thioether (sulfide) groups is 1. The topological polar surface area (TPSA) is 228 Å². The standard InChI is InChI=1S/C21H30N4O9S/c1-35-7-6-14(19(31)25-16(21(33)34)9-17(28)29)23-20(32)15(24-18(30)13(22)10-26)8-11-2-4-12(27)5-3-11/h2-5,13-16,26-27H,6-10,22H2,1H3,(H,23,32)(H,24,30)(H,25,31)(H,28,29)(H,33,34). The van der Waals surface area contributed by atoms with Crippen molar-refractivity contribution in [3.8, 4) is 5.75 Å². The number of phenolic OH excluding ortho intramolecular Hbond substituents is 1. The SMILES string of the molecule is CSCCC(NC(=O)C(Cc1ccc(O)cc1)NC(=O)C(N)CO)C(=O)NC(CC(=O)O)C(=O)O. The van der Waals surface area contributed by atoms with Crippen molar-refractivity contribution < 1.29 is 44.4 Å².